The number of nitrogens with one attached hydrogen (secondary N) is 1. The van der Waals surface area contributed by atoms with Gasteiger partial charge in [-0.3, -0.25) is 4.98 Å². The molecular formula is C16H16N2O. The molecule has 0 amide bonds. The predicted octanol–water partition coefficient (Wildman–Crippen LogP) is 2.31. The van der Waals surface area contributed by atoms with E-state index in [1.807, 2.05) is 12.3 Å². The van der Waals surface area contributed by atoms with Gasteiger partial charge in [-0.05, 0) is 29.2 Å². The number of hydrogen-bond acceptors (Lipinski definition) is 3. The second-order valence-corrected chi connectivity index (χ2v) is 5.19. The maximum atomic E-state index is 5.57. The van der Waals surface area contributed by atoms with Gasteiger partial charge in [-0.1, -0.05) is 24.3 Å². The van der Waals surface area contributed by atoms with Crippen molar-refractivity contribution in [3.05, 3.63) is 53.3 Å². The summed E-state index contributed by atoms with van der Waals surface area (Å²) in [5.74, 6) is 0. The number of hydrogen-bond donors (Lipinski definition) is 1. The lowest BCUT2D eigenvalue weighted by Gasteiger charge is -2.27. The summed E-state index contributed by atoms with van der Waals surface area (Å²) in [6, 6.07) is 11.1. The van der Waals surface area contributed by atoms with E-state index in [0.717, 1.165) is 25.3 Å². The molecule has 1 unspecified atom stereocenters. The molecule has 1 N–H and O–H groups in total. The SMILES string of the molecule is c1cnc(C2COCCN2)c(-c2ccc3cc2C3)c1. The van der Waals surface area contributed by atoms with Crippen molar-refractivity contribution < 1.29 is 4.74 Å². The van der Waals surface area contributed by atoms with E-state index in [1.165, 1.54) is 22.3 Å². The Labute approximate surface area is 112 Å². The fraction of sp³-hybridized carbons (Fsp3) is 0.312. The highest BCUT2D eigenvalue weighted by Gasteiger charge is 2.23. The van der Waals surface area contributed by atoms with E-state index in [4.69, 9.17) is 4.74 Å². The number of nitrogens with zero attached hydrogens (tertiary/aromatic N) is 1. The van der Waals surface area contributed by atoms with Gasteiger partial charge in [-0.2, -0.15) is 0 Å². The molecule has 2 bridgehead atoms. The van der Waals surface area contributed by atoms with Crippen molar-refractivity contribution in [1.29, 1.82) is 0 Å². The third kappa shape index (κ3) is 1.86. The first-order chi connectivity index (χ1) is 9.42. The van der Waals surface area contributed by atoms with Gasteiger partial charge in [0.2, 0.25) is 0 Å². The van der Waals surface area contributed by atoms with Gasteiger partial charge in [0.15, 0.2) is 0 Å². The van der Waals surface area contributed by atoms with Crippen molar-refractivity contribution in [2.45, 2.75) is 12.5 Å². The summed E-state index contributed by atoms with van der Waals surface area (Å²) in [5.41, 5.74) is 6.54. The van der Waals surface area contributed by atoms with Gasteiger partial charge < -0.3 is 10.1 Å². The topological polar surface area (TPSA) is 34.1 Å². The molecule has 0 spiro atoms. The third-order valence-corrected chi connectivity index (χ3v) is 3.94. The number of ether oxygens (including phenoxy) is 1. The lowest BCUT2D eigenvalue weighted by Crippen LogP contribution is -2.35. The molecule has 5 rings (SSSR count). The lowest BCUT2D eigenvalue weighted by atomic mass is 9.84. The number of fused-ring (bicyclic) bond motifs is 2. The van der Waals surface area contributed by atoms with Crippen molar-refractivity contribution in [1.82, 2.24) is 10.3 Å². The number of aromatic nitrogens is 1. The monoisotopic (exact) mass is 252 g/mol. The minimum Gasteiger partial charge on any atom is -0.378 e. The van der Waals surface area contributed by atoms with Crippen molar-refractivity contribution in [2.24, 2.45) is 0 Å². The highest BCUT2D eigenvalue weighted by Crippen LogP contribution is 2.35. The average molecular weight is 252 g/mol. The molecule has 1 aromatic heterocycles. The number of morpholine rings is 1. The molecule has 2 aliphatic carbocycles. The van der Waals surface area contributed by atoms with E-state index in [0.29, 0.717) is 6.61 Å². The molecule has 3 aliphatic rings. The minimum absolute atomic E-state index is 0.205. The Morgan fingerprint density at radius 2 is 2.16 bits per heavy atom. The van der Waals surface area contributed by atoms with Gasteiger partial charge in [-0.25, -0.2) is 0 Å². The molecule has 19 heavy (non-hydrogen) atoms. The molecule has 1 saturated heterocycles. The Balaban J connectivity index is 1.78. The number of pyridine rings is 1. The molecule has 1 aliphatic heterocycles. The minimum atomic E-state index is 0.205. The zero-order valence-electron chi connectivity index (χ0n) is 10.7. The summed E-state index contributed by atoms with van der Waals surface area (Å²) >= 11 is 0. The standard InChI is InChI=1S/C16H16N2O/c1-2-14(13-4-3-11-8-12(13)9-11)16(18-5-1)15-10-19-7-6-17-15/h1-5,8,15,17H,6-7,9-10H2. The molecule has 1 atom stereocenters. The lowest BCUT2D eigenvalue weighted by molar-refractivity contribution is 0.0758. The Morgan fingerprint density at radius 3 is 2.89 bits per heavy atom. The molecule has 3 nitrogen and oxygen atoms in total. The number of rotatable bonds is 2. The Hall–Kier alpha value is -1.71. The zero-order chi connectivity index (χ0) is 12.7. The van der Waals surface area contributed by atoms with Crippen LogP contribution >= 0.6 is 0 Å². The first-order valence-electron chi connectivity index (χ1n) is 6.80. The van der Waals surface area contributed by atoms with Gasteiger partial charge in [0.05, 0.1) is 24.9 Å². The van der Waals surface area contributed by atoms with E-state index in [9.17, 15) is 0 Å². The summed E-state index contributed by atoms with van der Waals surface area (Å²) in [7, 11) is 0. The molecule has 0 radical (unpaired) electrons. The van der Waals surface area contributed by atoms with Crippen molar-refractivity contribution >= 4 is 0 Å². The van der Waals surface area contributed by atoms with Crippen LogP contribution in [0.3, 0.4) is 0 Å². The van der Waals surface area contributed by atoms with Crippen molar-refractivity contribution in [3.63, 3.8) is 0 Å². The van der Waals surface area contributed by atoms with E-state index >= 15 is 0 Å². The van der Waals surface area contributed by atoms with Crippen molar-refractivity contribution in [2.75, 3.05) is 19.8 Å². The van der Waals surface area contributed by atoms with E-state index in [-0.39, 0.29) is 6.04 Å². The van der Waals surface area contributed by atoms with Crippen LogP contribution < -0.4 is 5.32 Å². The summed E-state index contributed by atoms with van der Waals surface area (Å²) in [4.78, 5) is 4.60. The van der Waals surface area contributed by atoms with E-state index in [1.54, 1.807) is 0 Å². The quantitative estimate of drug-likeness (QED) is 0.760. The predicted molar refractivity (Wildman–Crippen MR) is 74.0 cm³/mol. The van der Waals surface area contributed by atoms with Crippen LogP contribution in [0.2, 0.25) is 0 Å². The highest BCUT2D eigenvalue weighted by atomic mass is 16.5. The van der Waals surface area contributed by atoms with Crippen LogP contribution in [0.4, 0.5) is 0 Å². The van der Waals surface area contributed by atoms with Gasteiger partial charge in [0, 0.05) is 18.3 Å². The molecule has 2 heterocycles. The summed E-state index contributed by atoms with van der Waals surface area (Å²) in [6.07, 6.45) is 2.98. The van der Waals surface area contributed by atoms with Crippen LogP contribution in [0.1, 0.15) is 22.9 Å². The Bertz CT molecular complexity index is 614. The van der Waals surface area contributed by atoms with Gasteiger partial charge in [-0.15, -0.1) is 0 Å². The Kier molecular flexibility index (Phi) is 2.60. The molecular weight excluding hydrogens is 236 g/mol. The largest absolute Gasteiger partial charge is 0.378 e. The van der Waals surface area contributed by atoms with Crippen LogP contribution in [0.15, 0.2) is 36.5 Å². The average Bonchev–Trinajstić information content (AvgIpc) is 2.47. The van der Waals surface area contributed by atoms with Crippen LogP contribution in [-0.4, -0.2) is 24.7 Å². The van der Waals surface area contributed by atoms with Crippen LogP contribution in [0, 0.1) is 0 Å². The fourth-order valence-corrected chi connectivity index (χ4v) is 2.92. The van der Waals surface area contributed by atoms with Gasteiger partial charge in [0.1, 0.15) is 0 Å². The van der Waals surface area contributed by atoms with Crippen LogP contribution in [-0.2, 0) is 11.2 Å². The maximum absolute atomic E-state index is 5.57. The molecule has 0 saturated carbocycles. The number of benzene rings is 1. The second kappa shape index (κ2) is 4.44. The van der Waals surface area contributed by atoms with Gasteiger partial charge in [0.25, 0.3) is 0 Å². The summed E-state index contributed by atoms with van der Waals surface area (Å²) < 4.78 is 5.57. The van der Waals surface area contributed by atoms with Gasteiger partial charge >= 0.3 is 0 Å². The van der Waals surface area contributed by atoms with E-state index < -0.39 is 0 Å². The van der Waals surface area contributed by atoms with Crippen LogP contribution in [0.5, 0.6) is 0 Å². The summed E-state index contributed by atoms with van der Waals surface area (Å²) in [5, 5.41) is 3.49. The van der Waals surface area contributed by atoms with E-state index in [2.05, 4.69) is 34.6 Å². The third-order valence-electron chi connectivity index (χ3n) is 3.94. The molecule has 1 fully saturated rings. The smallest absolute Gasteiger partial charge is 0.0739 e. The molecule has 2 aromatic rings. The summed E-state index contributed by atoms with van der Waals surface area (Å²) in [6.45, 7) is 2.39. The zero-order valence-corrected chi connectivity index (χ0v) is 10.7. The normalized spacial score (nSPS) is 20.9. The maximum Gasteiger partial charge on any atom is 0.0739 e. The molecule has 96 valence electrons. The first-order valence-corrected chi connectivity index (χ1v) is 6.80. The fourth-order valence-electron chi connectivity index (χ4n) is 2.92. The molecule has 3 heteroatoms. The second-order valence-electron chi connectivity index (χ2n) is 5.19. The highest BCUT2D eigenvalue weighted by molar-refractivity contribution is 5.73. The first kappa shape index (κ1) is 11.1. The Morgan fingerprint density at radius 1 is 1.21 bits per heavy atom. The van der Waals surface area contributed by atoms with Crippen LogP contribution in [0.25, 0.3) is 11.1 Å². The molecule has 1 aromatic carbocycles. The van der Waals surface area contributed by atoms with Crippen molar-refractivity contribution in [3.8, 4) is 11.1 Å².